The maximum atomic E-state index is 11.8. The molecule has 1 rings (SSSR count). The van der Waals surface area contributed by atoms with Crippen molar-refractivity contribution in [1.82, 2.24) is 15.5 Å². The maximum Gasteiger partial charge on any atom is 0.238 e. The van der Waals surface area contributed by atoms with Crippen LogP contribution in [0.4, 0.5) is 0 Å². The van der Waals surface area contributed by atoms with Gasteiger partial charge in [-0.05, 0) is 13.8 Å². The van der Waals surface area contributed by atoms with Gasteiger partial charge >= 0.3 is 0 Å². The van der Waals surface area contributed by atoms with Crippen molar-refractivity contribution in [2.45, 2.75) is 25.1 Å². The largest absolute Gasteiger partial charge is 0.358 e. The zero-order valence-electron chi connectivity index (χ0n) is 11.3. The van der Waals surface area contributed by atoms with Crippen molar-refractivity contribution < 1.29 is 13.2 Å². The Morgan fingerprint density at radius 1 is 1.50 bits per heavy atom. The molecule has 6 nitrogen and oxygen atoms in total. The molecule has 0 aromatic heterocycles. The second-order valence-corrected chi connectivity index (χ2v) is 7.46. The minimum absolute atomic E-state index is 0.0656. The third kappa shape index (κ3) is 3.93. The highest BCUT2D eigenvalue weighted by molar-refractivity contribution is 7.92. The molecule has 18 heavy (non-hydrogen) atoms. The van der Waals surface area contributed by atoms with Crippen molar-refractivity contribution in [3.8, 4) is 0 Å². The van der Waals surface area contributed by atoms with E-state index in [4.69, 9.17) is 0 Å². The second-order valence-electron chi connectivity index (χ2n) is 4.79. The predicted molar refractivity (Wildman–Crippen MR) is 71.2 cm³/mol. The van der Waals surface area contributed by atoms with Gasteiger partial charge in [0.15, 0.2) is 9.84 Å². The van der Waals surface area contributed by atoms with Gasteiger partial charge in [-0.15, -0.1) is 0 Å². The van der Waals surface area contributed by atoms with Crippen LogP contribution in [-0.4, -0.2) is 69.5 Å². The second kappa shape index (κ2) is 6.49. The average molecular weight is 277 g/mol. The minimum Gasteiger partial charge on any atom is -0.358 e. The first-order valence-corrected chi connectivity index (χ1v) is 7.98. The summed E-state index contributed by atoms with van der Waals surface area (Å²) in [7, 11) is -1.45. The molecule has 0 aromatic carbocycles. The Balaban J connectivity index is 2.61. The molecule has 1 atom stereocenters. The fraction of sp³-hybridized carbons (Fsp3) is 0.909. The van der Waals surface area contributed by atoms with Crippen LogP contribution in [0.5, 0.6) is 0 Å². The number of nitrogens with one attached hydrogen (secondary N) is 2. The molecule has 0 spiro atoms. The van der Waals surface area contributed by atoms with E-state index in [9.17, 15) is 13.2 Å². The molecule has 1 saturated heterocycles. The van der Waals surface area contributed by atoms with E-state index in [0.717, 1.165) is 6.54 Å². The number of amides is 1. The molecule has 7 heteroatoms. The molecular formula is C11H23N3O3S. The molecule has 106 valence electrons. The molecule has 0 aromatic rings. The highest BCUT2D eigenvalue weighted by atomic mass is 32.2. The molecule has 2 N–H and O–H groups in total. The Bertz CT molecular complexity index is 381. The summed E-state index contributed by atoms with van der Waals surface area (Å²) < 4.78 is 23.6. The van der Waals surface area contributed by atoms with E-state index in [0.29, 0.717) is 19.6 Å². The predicted octanol–water partition coefficient (Wildman–Crippen LogP) is -1.17. The molecular weight excluding hydrogens is 254 g/mol. The van der Waals surface area contributed by atoms with Crippen LogP contribution in [0.2, 0.25) is 0 Å². The third-order valence-corrected chi connectivity index (χ3v) is 5.47. The first kappa shape index (κ1) is 15.4. The van der Waals surface area contributed by atoms with Crippen LogP contribution >= 0.6 is 0 Å². The highest BCUT2D eigenvalue weighted by Crippen LogP contribution is 2.07. The van der Waals surface area contributed by atoms with Crippen LogP contribution in [0.1, 0.15) is 13.8 Å². The molecule has 0 aliphatic carbocycles. The first-order chi connectivity index (χ1) is 8.38. The number of likely N-dealkylation sites (N-methyl/N-ethyl adjacent to an activating group) is 1. The van der Waals surface area contributed by atoms with Crippen LogP contribution in [0, 0.1) is 0 Å². The van der Waals surface area contributed by atoms with Crippen molar-refractivity contribution in [1.29, 1.82) is 0 Å². The lowest BCUT2D eigenvalue weighted by Crippen LogP contribution is -2.58. The summed E-state index contributed by atoms with van der Waals surface area (Å²) in [5, 5.41) is 5.40. The Morgan fingerprint density at radius 2 is 2.17 bits per heavy atom. The van der Waals surface area contributed by atoms with Gasteiger partial charge in [-0.3, -0.25) is 9.69 Å². The van der Waals surface area contributed by atoms with Gasteiger partial charge in [0, 0.05) is 33.2 Å². The lowest BCUT2D eigenvalue weighted by atomic mass is 10.2. The van der Waals surface area contributed by atoms with Crippen molar-refractivity contribution in [3.05, 3.63) is 0 Å². The van der Waals surface area contributed by atoms with Crippen molar-refractivity contribution in [2.24, 2.45) is 0 Å². The quantitative estimate of drug-likeness (QED) is 0.662. The van der Waals surface area contributed by atoms with Crippen molar-refractivity contribution in [2.75, 3.05) is 39.0 Å². The fourth-order valence-electron chi connectivity index (χ4n) is 1.92. The molecule has 1 aliphatic rings. The zero-order valence-corrected chi connectivity index (χ0v) is 12.1. The van der Waals surface area contributed by atoms with E-state index in [-0.39, 0.29) is 23.0 Å². The Hall–Kier alpha value is -0.660. The van der Waals surface area contributed by atoms with Crippen molar-refractivity contribution >= 4 is 15.7 Å². The molecule has 0 saturated carbocycles. The topological polar surface area (TPSA) is 78.5 Å². The zero-order chi connectivity index (χ0) is 13.8. The number of carbonyl (C=O) groups is 1. The lowest BCUT2D eigenvalue weighted by Gasteiger charge is -2.34. The Kier molecular flexibility index (Phi) is 5.55. The Morgan fingerprint density at radius 3 is 2.72 bits per heavy atom. The van der Waals surface area contributed by atoms with E-state index in [1.807, 2.05) is 4.90 Å². The summed E-state index contributed by atoms with van der Waals surface area (Å²) in [5.74, 6) is 0.0437. The van der Waals surface area contributed by atoms with Gasteiger partial charge in [-0.25, -0.2) is 8.42 Å². The maximum absolute atomic E-state index is 11.8. The number of rotatable bonds is 5. The Labute approximate surface area is 109 Å². The van der Waals surface area contributed by atoms with Crippen LogP contribution in [0.3, 0.4) is 0 Å². The fourth-order valence-corrected chi connectivity index (χ4v) is 2.88. The van der Waals surface area contributed by atoms with Gasteiger partial charge in [-0.1, -0.05) is 0 Å². The van der Waals surface area contributed by atoms with Gasteiger partial charge in [0.25, 0.3) is 0 Å². The molecule has 0 bridgehead atoms. The SMILES string of the molecule is CNC(=O)C1CNCCN1CCS(=O)(=O)C(C)C. The summed E-state index contributed by atoms with van der Waals surface area (Å²) in [6.07, 6.45) is 0. The van der Waals surface area contributed by atoms with Crippen LogP contribution in [0.25, 0.3) is 0 Å². The smallest absolute Gasteiger partial charge is 0.238 e. The van der Waals surface area contributed by atoms with Gasteiger partial charge in [0.05, 0.1) is 11.0 Å². The summed E-state index contributed by atoms with van der Waals surface area (Å²) in [4.78, 5) is 13.6. The summed E-state index contributed by atoms with van der Waals surface area (Å²) in [6, 6.07) is -0.272. The number of sulfone groups is 1. The summed E-state index contributed by atoms with van der Waals surface area (Å²) >= 11 is 0. The van der Waals surface area contributed by atoms with Crippen molar-refractivity contribution in [3.63, 3.8) is 0 Å². The lowest BCUT2D eigenvalue weighted by molar-refractivity contribution is -0.126. The number of nitrogens with zero attached hydrogens (tertiary/aromatic N) is 1. The monoisotopic (exact) mass is 277 g/mol. The van der Waals surface area contributed by atoms with Gasteiger partial charge in [-0.2, -0.15) is 0 Å². The molecule has 0 radical (unpaired) electrons. The molecule has 1 heterocycles. The van der Waals surface area contributed by atoms with Crippen LogP contribution in [-0.2, 0) is 14.6 Å². The highest BCUT2D eigenvalue weighted by Gasteiger charge is 2.29. The van der Waals surface area contributed by atoms with E-state index < -0.39 is 9.84 Å². The van der Waals surface area contributed by atoms with E-state index in [1.54, 1.807) is 20.9 Å². The van der Waals surface area contributed by atoms with Gasteiger partial charge < -0.3 is 10.6 Å². The first-order valence-electron chi connectivity index (χ1n) is 6.26. The number of piperazine rings is 1. The average Bonchev–Trinajstić information content (AvgIpc) is 2.35. The van der Waals surface area contributed by atoms with Crippen LogP contribution < -0.4 is 10.6 Å². The molecule has 1 amide bonds. The normalized spacial score (nSPS) is 22.1. The van der Waals surface area contributed by atoms with E-state index >= 15 is 0 Å². The minimum atomic E-state index is -3.05. The van der Waals surface area contributed by atoms with E-state index in [1.165, 1.54) is 0 Å². The molecule has 1 fully saturated rings. The third-order valence-electron chi connectivity index (χ3n) is 3.28. The molecule has 1 aliphatic heterocycles. The molecule has 1 unspecified atom stereocenters. The number of hydrogen-bond donors (Lipinski definition) is 2. The van der Waals surface area contributed by atoms with E-state index in [2.05, 4.69) is 10.6 Å². The standard InChI is InChI=1S/C11H23N3O3S/c1-9(2)18(16,17)7-6-14-5-4-13-8-10(14)11(15)12-3/h9-10,13H,4-8H2,1-3H3,(H,12,15). The number of hydrogen-bond acceptors (Lipinski definition) is 5. The van der Waals surface area contributed by atoms with Gasteiger partial charge in [0.1, 0.15) is 6.04 Å². The summed E-state index contributed by atoms with van der Waals surface area (Å²) in [6.45, 7) is 5.84. The van der Waals surface area contributed by atoms with Gasteiger partial charge in [0.2, 0.25) is 5.91 Å². The number of carbonyl (C=O) groups excluding carboxylic acids is 1. The summed E-state index contributed by atoms with van der Waals surface area (Å²) in [5.41, 5.74) is 0. The van der Waals surface area contributed by atoms with Crippen LogP contribution in [0.15, 0.2) is 0 Å².